The Morgan fingerprint density at radius 3 is 2.77 bits per heavy atom. The summed E-state index contributed by atoms with van der Waals surface area (Å²) in [6.45, 7) is 1.72. The molecule has 0 unspecified atom stereocenters. The normalized spacial score (nSPS) is 10.7. The molecule has 2 aromatic carbocycles. The smallest absolute Gasteiger partial charge is 0.331 e. The minimum Gasteiger partial charge on any atom is -0.454 e. The number of benzene rings is 2. The molecule has 0 saturated heterocycles. The van der Waals surface area contributed by atoms with Gasteiger partial charge in [-0.05, 0) is 30.2 Å². The predicted octanol–water partition coefficient (Wildman–Crippen LogP) is 3.17. The first-order valence-electron chi connectivity index (χ1n) is 8.83. The minimum atomic E-state index is -0.658. The number of nitro groups is 1. The van der Waals surface area contributed by atoms with Crippen LogP contribution in [0.25, 0.3) is 6.08 Å². The summed E-state index contributed by atoms with van der Waals surface area (Å²) in [6, 6.07) is 13.5. The van der Waals surface area contributed by atoms with Crippen molar-refractivity contribution in [3.05, 3.63) is 81.7 Å². The fourth-order valence-corrected chi connectivity index (χ4v) is 2.48. The van der Waals surface area contributed by atoms with Gasteiger partial charge in [0.25, 0.3) is 5.69 Å². The molecule has 0 atom stereocenters. The average molecular weight is 406 g/mol. The van der Waals surface area contributed by atoms with Gasteiger partial charge in [-0.2, -0.15) is 15.0 Å². The van der Waals surface area contributed by atoms with E-state index in [0.29, 0.717) is 5.56 Å². The number of aryl methyl sites for hydroxylation is 1. The molecule has 0 saturated carbocycles. The van der Waals surface area contributed by atoms with E-state index in [1.807, 2.05) is 31.2 Å². The van der Waals surface area contributed by atoms with Crippen LogP contribution in [0.2, 0.25) is 0 Å². The second-order valence-corrected chi connectivity index (χ2v) is 6.17. The van der Waals surface area contributed by atoms with Crippen molar-refractivity contribution >= 4 is 35.3 Å². The lowest BCUT2D eigenvalue weighted by molar-refractivity contribution is -0.384. The molecule has 10 heteroatoms. The number of ether oxygens (including phenoxy) is 1. The van der Waals surface area contributed by atoms with Crippen molar-refractivity contribution in [1.82, 2.24) is 15.0 Å². The highest BCUT2D eigenvalue weighted by Crippen LogP contribution is 2.18. The summed E-state index contributed by atoms with van der Waals surface area (Å²) in [6.07, 6.45) is 2.58. The summed E-state index contributed by atoms with van der Waals surface area (Å²) in [4.78, 5) is 34.4. The molecule has 0 aliphatic heterocycles. The van der Waals surface area contributed by atoms with Crippen LogP contribution in [0.15, 0.2) is 54.6 Å². The largest absolute Gasteiger partial charge is 0.454 e. The number of para-hydroxylation sites is 1. The molecule has 30 heavy (non-hydrogen) atoms. The van der Waals surface area contributed by atoms with Crippen molar-refractivity contribution < 1.29 is 14.5 Å². The molecule has 3 aromatic rings. The standard InChI is InChI=1S/C20H18N6O4/c1-13-5-2-3-8-16(13)22-20-24-17(23-19(21)25-20)12-30-18(27)10-9-14-6-4-7-15(11-14)26(28)29/h2-11H,12H2,1H3,(H3,21,22,23,24,25)/b10-9+. The quantitative estimate of drug-likeness (QED) is 0.261. The number of nitrogens with two attached hydrogens (primary N) is 1. The third-order valence-corrected chi connectivity index (χ3v) is 3.93. The summed E-state index contributed by atoms with van der Waals surface area (Å²) in [7, 11) is 0. The van der Waals surface area contributed by atoms with Gasteiger partial charge in [-0.1, -0.05) is 30.3 Å². The Bertz CT molecular complexity index is 1120. The number of carbonyl (C=O) groups is 1. The Kier molecular flexibility index (Phi) is 6.28. The number of nitro benzene ring substituents is 1. The van der Waals surface area contributed by atoms with Gasteiger partial charge in [-0.25, -0.2) is 4.79 Å². The predicted molar refractivity (Wildman–Crippen MR) is 111 cm³/mol. The number of nitrogen functional groups attached to an aromatic ring is 1. The lowest BCUT2D eigenvalue weighted by Crippen LogP contribution is -2.10. The number of carbonyl (C=O) groups excluding carboxylic acids is 1. The second kappa shape index (κ2) is 9.24. The van der Waals surface area contributed by atoms with Crippen molar-refractivity contribution in [2.24, 2.45) is 0 Å². The number of hydrogen-bond acceptors (Lipinski definition) is 9. The number of hydrogen-bond donors (Lipinski definition) is 2. The fourth-order valence-electron chi connectivity index (χ4n) is 2.48. The molecule has 0 aliphatic rings. The van der Waals surface area contributed by atoms with Gasteiger partial charge in [-0.15, -0.1) is 0 Å². The first-order valence-corrected chi connectivity index (χ1v) is 8.83. The van der Waals surface area contributed by atoms with Crippen LogP contribution in [0.4, 0.5) is 23.3 Å². The number of esters is 1. The highest BCUT2D eigenvalue weighted by molar-refractivity contribution is 5.87. The molecular weight excluding hydrogens is 388 g/mol. The molecule has 3 rings (SSSR count). The highest BCUT2D eigenvalue weighted by Gasteiger charge is 2.09. The number of rotatable bonds is 7. The summed E-state index contributed by atoms with van der Waals surface area (Å²) >= 11 is 0. The van der Waals surface area contributed by atoms with Crippen molar-refractivity contribution in [2.75, 3.05) is 11.1 Å². The maximum atomic E-state index is 12.0. The topological polar surface area (TPSA) is 146 Å². The maximum Gasteiger partial charge on any atom is 0.331 e. The molecule has 0 bridgehead atoms. The van der Waals surface area contributed by atoms with Crippen molar-refractivity contribution in [1.29, 1.82) is 0 Å². The van der Waals surface area contributed by atoms with Crippen LogP contribution in [0.1, 0.15) is 17.0 Å². The van der Waals surface area contributed by atoms with Crippen LogP contribution in [0.3, 0.4) is 0 Å². The van der Waals surface area contributed by atoms with Gasteiger partial charge in [0.15, 0.2) is 12.4 Å². The highest BCUT2D eigenvalue weighted by atomic mass is 16.6. The molecule has 0 fully saturated rings. The zero-order valence-corrected chi connectivity index (χ0v) is 16.0. The molecule has 0 amide bonds. The summed E-state index contributed by atoms with van der Waals surface area (Å²) in [5.74, 6) is -0.265. The van der Waals surface area contributed by atoms with Crippen LogP contribution in [-0.2, 0) is 16.1 Å². The lowest BCUT2D eigenvalue weighted by atomic mass is 10.2. The summed E-state index contributed by atoms with van der Waals surface area (Å²) < 4.78 is 5.12. The van der Waals surface area contributed by atoms with E-state index in [0.717, 1.165) is 17.3 Å². The van der Waals surface area contributed by atoms with E-state index in [4.69, 9.17) is 10.5 Å². The van der Waals surface area contributed by atoms with E-state index in [1.54, 1.807) is 6.07 Å². The third kappa shape index (κ3) is 5.58. The van der Waals surface area contributed by atoms with Crippen LogP contribution in [-0.4, -0.2) is 25.8 Å². The zero-order chi connectivity index (χ0) is 21.5. The average Bonchev–Trinajstić information content (AvgIpc) is 2.72. The Morgan fingerprint density at radius 2 is 2.00 bits per heavy atom. The minimum absolute atomic E-state index is 0.0146. The van der Waals surface area contributed by atoms with E-state index in [1.165, 1.54) is 24.3 Å². The lowest BCUT2D eigenvalue weighted by Gasteiger charge is -2.09. The first kappa shape index (κ1) is 20.4. The molecule has 10 nitrogen and oxygen atoms in total. The van der Waals surface area contributed by atoms with Gasteiger partial charge in [-0.3, -0.25) is 10.1 Å². The summed E-state index contributed by atoms with van der Waals surface area (Å²) in [5.41, 5.74) is 7.95. The monoisotopic (exact) mass is 406 g/mol. The molecule has 3 N–H and O–H groups in total. The zero-order valence-electron chi connectivity index (χ0n) is 16.0. The molecule has 0 aliphatic carbocycles. The Balaban J connectivity index is 1.63. The Morgan fingerprint density at radius 1 is 1.20 bits per heavy atom. The maximum absolute atomic E-state index is 12.0. The molecule has 0 spiro atoms. The molecular formula is C20H18N6O4. The van der Waals surface area contributed by atoms with Crippen LogP contribution in [0.5, 0.6) is 0 Å². The van der Waals surface area contributed by atoms with Gasteiger partial charge in [0.05, 0.1) is 4.92 Å². The third-order valence-electron chi connectivity index (χ3n) is 3.93. The number of aromatic nitrogens is 3. The number of anilines is 3. The van der Waals surface area contributed by atoms with E-state index in [2.05, 4.69) is 20.3 Å². The van der Waals surface area contributed by atoms with Crippen LogP contribution in [0, 0.1) is 17.0 Å². The first-order chi connectivity index (χ1) is 14.4. The van der Waals surface area contributed by atoms with E-state index >= 15 is 0 Å². The number of non-ortho nitro benzene ring substituents is 1. The van der Waals surface area contributed by atoms with Gasteiger partial charge < -0.3 is 15.8 Å². The van der Waals surface area contributed by atoms with Crippen LogP contribution >= 0.6 is 0 Å². The van der Waals surface area contributed by atoms with Crippen molar-refractivity contribution in [3.63, 3.8) is 0 Å². The molecule has 1 heterocycles. The summed E-state index contributed by atoms with van der Waals surface area (Å²) in [5, 5.41) is 13.8. The molecule has 152 valence electrons. The Hall–Kier alpha value is -4.34. The SMILES string of the molecule is Cc1ccccc1Nc1nc(N)nc(COC(=O)/C=C/c2cccc([N+](=O)[O-])c2)n1. The van der Waals surface area contributed by atoms with Crippen molar-refractivity contribution in [2.45, 2.75) is 13.5 Å². The molecule has 0 radical (unpaired) electrons. The second-order valence-electron chi connectivity index (χ2n) is 6.17. The molecule has 1 aromatic heterocycles. The van der Waals surface area contributed by atoms with E-state index < -0.39 is 10.9 Å². The van der Waals surface area contributed by atoms with Gasteiger partial charge >= 0.3 is 5.97 Å². The fraction of sp³-hybridized carbons (Fsp3) is 0.100. The Labute approximate surface area is 171 Å². The van der Waals surface area contributed by atoms with E-state index in [-0.39, 0.29) is 30.0 Å². The van der Waals surface area contributed by atoms with Gasteiger partial charge in [0.1, 0.15) is 0 Å². The van der Waals surface area contributed by atoms with Gasteiger partial charge in [0.2, 0.25) is 11.9 Å². The number of nitrogens with zero attached hydrogens (tertiary/aromatic N) is 4. The number of nitrogens with one attached hydrogen (secondary N) is 1. The van der Waals surface area contributed by atoms with E-state index in [9.17, 15) is 14.9 Å². The van der Waals surface area contributed by atoms with Crippen molar-refractivity contribution in [3.8, 4) is 0 Å². The van der Waals surface area contributed by atoms with Crippen LogP contribution < -0.4 is 11.1 Å². The van der Waals surface area contributed by atoms with Gasteiger partial charge in [0, 0.05) is 23.9 Å².